The fourth-order valence-corrected chi connectivity index (χ4v) is 3.29. The van der Waals surface area contributed by atoms with Gasteiger partial charge in [0.25, 0.3) is 13.7 Å². The van der Waals surface area contributed by atoms with Crippen LogP contribution in [0.3, 0.4) is 0 Å². The second-order valence-electron chi connectivity index (χ2n) is 6.58. The molecular weight excluding hydrogens is 428 g/mol. The number of aryl methyl sites for hydroxylation is 1. The number of nitrogens with one attached hydrogen (secondary N) is 2. The first kappa shape index (κ1) is 25.6. The Morgan fingerprint density at radius 1 is 1.41 bits per heavy atom. The molecule has 3 N–H and O–H groups in total. The van der Waals surface area contributed by atoms with Gasteiger partial charge in [-0.15, -0.1) is 0 Å². The summed E-state index contributed by atoms with van der Waals surface area (Å²) < 4.78 is 42.3. The standard InChI is InChI=1S/C16H27FN3O7PS/c1-8(2)26-15(23)10(4)19-28(24)25-7-12(13(17)21)27-11(5)20-6-9(3)14(22)18-16(20)29/h6,8,10-13,21,28H,7H2,1-5H3,(H,19,24)(H,18,22,29)/t10-,11-,12-,13+/m0/s1. The average Bonchev–Trinajstić information content (AvgIpc) is 2.60. The van der Waals surface area contributed by atoms with Crippen molar-refractivity contribution in [2.75, 3.05) is 6.61 Å². The van der Waals surface area contributed by atoms with Crippen LogP contribution in [-0.2, 0) is 23.4 Å². The fourth-order valence-electron chi connectivity index (χ4n) is 2.13. The van der Waals surface area contributed by atoms with Crippen LogP contribution in [0.5, 0.6) is 0 Å². The number of rotatable bonds is 11. The first-order valence-electron chi connectivity index (χ1n) is 8.85. The number of aliphatic hydroxyl groups excluding tert-OH is 1. The van der Waals surface area contributed by atoms with E-state index in [0.717, 1.165) is 0 Å². The number of carbonyl (C=O) groups excluding carboxylic acids is 1. The lowest BCUT2D eigenvalue weighted by Gasteiger charge is -2.24. The second-order valence-corrected chi connectivity index (χ2v) is 8.11. The lowest BCUT2D eigenvalue weighted by molar-refractivity contribution is -0.153. The van der Waals surface area contributed by atoms with Crippen LogP contribution in [0.25, 0.3) is 0 Å². The minimum absolute atomic E-state index is 0.0499. The molecule has 0 saturated heterocycles. The second kappa shape index (κ2) is 11.7. The average molecular weight is 455 g/mol. The van der Waals surface area contributed by atoms with Crippen molar-refractivity contribution in [3.8, 4) is 0 Å². The Hall–Kier alpha value is -1.43. The monoisotopic (exact) mass is 455 g/mol. The zero-order valence-corrected chi connectivity index (χ0v) is 18.6. The third kappa shape index (κ3) is 8.45. The van der Waals surface area contributed by atoms with E-state index < -0.39 is 45.5 Å². The van der Waals surface area contributed by atoms with Crippen molar-refractivity contribution in [2.45, 2.75) is 65.5 Å². The topological polar surface area (TPSA) is 132 Å². The Balaban J connectivity index is 2.69. The zero-order valence-electron chi connectivity index (χ0n) is 16.8. The molecule has 0 spiro atoms. The molecule has 0 aromatic carbocycles. The SMILES string of the molecule is Cc1cn([C@H](C)O[C@@H](CO[PH](=O)N[C@@H](C)C(=O)OC(C)C)[C@@H](O)F)c(=S)[nH]c1=O. The molecule has 1 unspecified atom stereocenters. The molecule has 0 aliphatic heterocycles. The number of carbonyl (C=O) groups is 1. The number of esters is 1. The number of aromatic amines is 1. The van der Waals surface area contributed by atoms with Crippen LogP contribution in [0.2, 0.25) is 0 Å². The summed E-state index contributed by atoms with van der Waals surface area (Å²) in [6.45, 7) is 7.31. The Labute approximate surface area is 173 Å². The van der Waals surface area contributed by atoms with Gasteiger partial charge in [-0.3, -0.25) is 23.7 Å². The van der Waals surface area contributed by atoms with Crippen LogP contribution in [0, 0.1) is 11.7 Å². The maximum absolute atomic E-state index is 13.5. The number of alkyl halides is 1. The third-order valence-corrected chi connectivity index (χ3v) is 5.05. The number of nitrogens with zero attached hydrogens (tertiary/aromatic N) is 1. The van der Waals surface area contributed by atoms with Crippen LogP contribution in [0.1, 0.15) is 39.5 Å². The van der Waals surface area contributed by atoms with Gasteiger partial charge in [0.15, 0.2) is 4.77 Å². The van der Waals surface area contributed by atoms with Gasteiger partial charge in [0.2, 0.25) is 6.36 Å². The van der Waals surface area contributed by atoms with Gasteiger partial charge in [-0.1, -0.05) is 0 Å². The molecule has 0 radical (unpaired) electrons. The molecule has 0 aliphatic rings. The maximum atomic E-state index is 13.5. The lowest BCUT2D eigenvalue weighted by Crippen LogP contribution is -2.35. The molecule has 166 valence electrons. The zero-order chi connectivity index (χ0) is 22.3. The number of hydrogen-bond donors (Lipinski definition) is 3. The van der Waals surface area contributed by atoms with Gasteiger partial charge in [0, 0.05) is 11.8 Å². The number of aromatic nitrogens is 2. The highest BCUT2D eigenvalue weighted by Crippen LogP contribution is 2.22. The molecule has 0 fully saturated rings. The Morgan fingerprint density at radius 2 is 2.03 bits per heavy atom. The summed E-state index contributed by atoms with van der Waals surface area (Å²) in [4.78, 5) is 25.7. The first-order valence-corrected chi connectivity index (χ1v) is 10.6. The number of H-pyrrole nitrogens is 1. The summed E-state index contributed by atoms with van der Waals surface area (Å²) in [5.74, 6) is -0.614. The Kier molecular flexibility index (Phi) is 10.3. The minimum atomic E-state index is -2.95. The molecule has 0 bridgehead atoms. The summed E-state index contributed by atoms with van der Waals surface area (Å²) in [6, 6.07) is -0.903. The van der Waals surface area contributed by atoms with E-state index in [9.17, 15) is 23.7 Å². The largest absolute Gasteiger partial charge is 0.462 e. The molecule has 10 nitrogen and oxygen atoms in total. The highest BCUT2D eigenvalue weighted by molar-refractivity contribution is 7.71. The smallest absolute Gasteiger partial charge is 0.323 e. The van der Waals surface area contributed by atoms with Gasteiger partial charge in [-0.05, 0) is 46.8 Å². The van der Waals surface area contributed by atoms with Crippen molar-refractivity contribution >= 4 is 26.4 Å². The minimum Gasteiger partial charge on any atom is -0.462 e. The first-order chi connectivity index (χ1) is 13.4. The van der Waals surface area contributed by atoms with Crippen molar-refractivity contribution < 1.29 is 32.9 Å². The van der Waals surface area contributed by atoms with Crippen molar-refractivity contribution in [3.05, 3.63) is 26.9 Å². The van der Waals surface area contributed by atoms with E-state index in [1.807, 2.05) is 0 Å². The van der Waals surface area contributed by atoms with E-state index in [2.05, 4.69) is 10.1 Å². The van der Waals surface area contributed by atoms with E-state index in [1.54, 1.807) is 20.8 Å². The van der Waals surface area contributed by atoms with Crippen molar-refractivity contribution in [1.29, 1.82) is 0 Å². The van der Waals surface area contributed by atoms with Crippen LogP contribution < -0.4 is 10.6 Å². The predicted octanol–water partition coefficient (Wildman–Crippen LogP) is 1.74. The van der Waals surface area contributed by atoms with Crippen molar-refractivity contribution in [3.63, 3.8) is 0 Å². The number of halogens is 1. The van der Waals surface area contributed by atoms with Crippen LogP contribution in [0.4, 0.5) is 4.39 Å². The van der Waals surface area contributed by atoms with Crippen LogP contribution in [-0.4, -0.2) is 51.8 Å². The fraction of sp³-hybridized carbons (Fsp3) is 0.688. The van der Waals surface area contributed by atoms with Crippen molar-refractivity contribution in [2.24, 2.45) is 0 Å². The Morgan fingerprint density at radius 3 is 2.59 bits per heavy atom. The summed E-state index contributed by atoms with van der Waals surface area (Å²) in [6.07, 6.45) is -3.70. The van der Waals surface area contributed by atoms with Crippen LogP contribution in [0.15, 0.2) is 11.0 Å². The molecular formula is C16H27FN3O7PS. The van der Waals surface area contributed by atoms with E-state index in [1.165, 1.54) is 24.6 Å². The summed E-state index contributed by atoms with van der Waals surface area (Å²) in [5.41, 5.74) is -0.00202. The third-order valence-electron chi connectivity index (χ3n) is 3.63. The summed E-state index contributed by atoms with van der Waals surface area (Å²) in [5, 5.41) is 11.7. The molecule has 0 saturated carbocycles. The predicted molar refractivity (Wildman–Crippen MR) is 106 cm³/mol. The molecule has 1 heterocycles. The normalized spacial score (nSPS) is 16.8. The summed E-state index contributed by atoms with van der Waals surface area (Å²) >= 11 is 5.04. The van der Waals surface area contributed by atoms with Gasteiger partial charge < -0.3 is 19.1 Å². The van der Waals surface area contributed by atoms with Gasteiger partial charge >= 0.3 is 5.97 Å². The molecule has 13 heteroatoms. The van der Waals surface area contributed by atoms with E-state index >= 15 is 0 Å². The quantitative estimate of drug-likeness (QED) is 0.259. The maximum Gasteiger partial charge on any atom is 0.323 e. The number of aliphatic hydroxyl groups is 1. The summed E-state index contributed by atoms with van der Waals surface area (Å²) in [7, 11) is -2.95. The number of ether oxygens (including phenoxy) is 2. The van der Waals surface area contributed by atoms with Gasteiger partial charge in [0.1, 0.15) is 18.4 Å². The highest BCUT2D eigenvalue weighted by atomic mass is 32.1. The van der Waals surface area contributed by atoms with Gasteiger partial charge in [-0.2, -0.15) is 0 Å². The van der Waals surface area contributed by atoms with Crippen molar-refractivity contribution in [1.82, 2.24) is 14.6 Å². The molecule has 0 amide bonds. The van der Waals surface area contributed by atoms with Crippen LogP contribution >= 0.6 is 20.4 Å². The molecule has 29 heavy (non-hydrogen) atoms. The lowest BCUT2D eigenvalue weighted by atomic mass is 10.3. The van der Waals surface area contributed by atoms with E-state index in [-0.39, 0.29) is 16.4 Å². The van der Waals surface area contributed by atoms with Gasteiger partial charge in [-0.25, -0.2) is 9.48 Å². The highest BCUT2D eigenvalue weighted by Gasteiger charge is 2.25. The molecule has 1 aromatic heterocycles. The number of hydrogen-bond acceptors (Lipinski definition) is 8. The van der Waals surface area contributed by atoms with Gasteiger partial charge in [0.05, 0.1) is 12.7 Å². The molecule has 1 rings (SSSR count). The molecule has 1 aromatic rings. The van der Waals surface area contributed by atoms with E-state index in [0.29, 0.717) is 5.56 Å². The van der Waals surface area contributed by atoms with E-state index in [4.69, 9.17) is 26.2 Å². The molecule has 0 aliphatic carbocycles. The molecule has 5 atom stereocenters. The Bertz CT molecular complexity index is 829.